The third-order valence-electron chi connectivity index (χ3n) is 0.589. The van der Waals surface area contributed by atoms with Gasteiger partial charge in [-0.1, -0.05) is 0 Å². The van der Waals surface area contributed by atoms with E-state index in [2.05, 4.69) is 15.4 Å². The second kappa shape index (κ2) is 2.98. The fraction of sp³-hybridized carbons (Fsp3) is 0.800. The highest BCUT2D eigenvalue weighted by Gasteiger charge is 2.26. The largest absolute Gasteiger partial charge is 0.447 e. The van der Waals surface area contributed by atoms with Crippen molar-refractivity contribution in [2.24, 2.45) is 0 Å². The van der Waals surface area contributed by atoms with E-state index in [1.54, 1.807) is 20.8 Å². The third kappa shape index (κ3) is 5.03. The molecule has 0 aromatic heterocycles. The summed E-state index contributed by atoms with van der Waals surface area (Å²) in [5, 5.41) is -1.41. The van der Waals surface area contributed by atoms with Gasteiger partial charge in [0.15, 0.2) is 0 Å². The average Bonchev–Trinajstić information content (AvgIpc) is 1.56. The molecule has 0 aliphatic carbocycles. The zero-order valence-corrected chi connectivity index (χ0v) is 7.99. The molecule has 0 N–H and O–H groups in total. The number of rotatable bonds is 0. The molecule has 0 rings (SSSR count). The SMILES string of the molecule is CC(C)(C)OC(=O)S(=O)(=O)Cl. The molecule has 4 nitrogen and oxygen atoms in total. The Hall–Kier alpha value is -0.290. The molecule has 0 saturated heterocycles. The highest BCUT2D eigenvalue weighted by Crippen LogP contribution is 2.12. The van der Waals surface area contributed by atoms with Crippen LogP contribution >= 0.6 is 10.7 Å². The van der Waals surface area contributed by atoms with Crippen molar-refractivity contribution in [3.63, 3.8) is 0 Å². The van der Waals surface area contributed by atoms with Gasteiger partial charge in [0.05, 0.1) is 0 Å². The van der Waals surface area contributed by atoms with Gasteiger partial charge in [0.1, 0.15) is 5.60 Å². The summed E-state index contributed by atoms with van der Waals surface area (Å²) in [5.74, 6) is 0. The number of hydrogen-bond acceptors (Lipinski definition) is 4. The van der Waals surface area contributed by atoms with Crippen LogP contribution in [-0.4, -0.2) is 19.3 Å². The fourth-order valence-corrected chi connectivity index (χ4v) is 0.744. The van der Waals surface area contributed by atoms with Gasteiger partial charge in [0.25, 0.3) is 0 Å². The van der Waals surface area contributed by atoms with E-state index >= 15 is 0 Å². The summed E-state index contributed by atoms with van der Waals surface area (Å²) in [6, 6.07) is 0. The van der Waals surface area contributed by atoms with Gasteiger partial charge in [-0.3, -0.25) is 0 Å². The van der Waals surface area contributed by atoms with E-state index in [1.165, 1.54) is 0 Å². The van der Waals surface area contributed by atoms with Gasteiger partial charge < -0.3 is 4.74 Å². The van der Waals surface area contributed by atoms with E-state index in [9.17, 15) is 13.2 Å². The zero-order valence-electron chi connectivity index (χ0n) is 6.42. The first kappa shape index (κ1) is 10.7. The van der Waals surface area contributed by atoms with E-state index in [1.807, 2.05) is 0 Å². The number of hydrogen-bond donors (Lipinski definition) is 0. The smallest absolute Gasteiger partial charge is 0.440 e. The Bertz CT molecular complexity index is 248. The lowest BCUT2D eigenvalue weighted by Gasteiger charge is -2.17. The minimum absolute atomic E-state index is 0.834. The van der Waals surface area contributed by atoms with Crippen LogP contribution in [0.25, 0.3) is 0 Å². The van der Waals surface area contributed by atoms with Crippen LogP contribution in [0.15, 0.2) is 0 Å². The van der Waals surface area contributed by atoms with Crippen LogP contribution in [0.4, 0.5) is 4.79 Å². The predicted molar refractivity (Wildman–Crippen MR) is 41.0 cm³/mol. The molecule has 0 saturated carbocycles. The lowest BCUT2D eigenvalue weighted by atomic mass is 10.2. The summed E-state index contributed by atoms with van der Waals surface area (Å²) in [5.41, 5.74) is -0.834. The first-order chi connectivity index (χ1) is 4.63. The Balaban J connectivity index is 4.35. The minimum Gasteiger partial charge on any atom is -0.447 e. The van der Waals surface area contributed by atoms with Crippen molar-refractivity contribution in [1.82, 2.24) is 0 Å². The first-order valence-electron chi connectivity index (χ1n) is 2.80. The van der Waals surface area contributed by atoms with Gasteiger partial charge in [-0.25, -0.2) is 4.79 Å². The maximum atomic E-state index is 10.5. The van der Waals surface area contributed by atoms with Crippen LogP contribution in [0.1, 0.15) is 20.8 Å². The van der Waals surface area contributed by atoms with Gasteiger partial charge in [-0.2, -0.15) is 8.42 Å². The molecule has 66 valence electrons. The Kier molecular flexibility index (Phi) is 2.91. The van der Waals surface area contributed by atoms with Gasteiger partial charge >= 0.3 is 14.4 Å². The molecule has 0 aromatic rings. The number of carbonyl (C=O) groups excluding carboxylic acids is 1. The van der Waals surface area contributed by atoms with E-state index in [0.717, 1.165) is 0 Å². The van der Waals surface area contributed by atoms with Crippen LogP contribution in [0.3, 0.4) is 0 Å². The quantitative estimate of drug-likeness (QED) is 0.439. The van der Waals surface area contributed by atoms with Crippen molar-refractivity contribution < 1.29 is 17.9 Å². The van der Waals surface area contributed by atoms with Crippen molar-refractivity contribution in [1.29, 1.82) is 0 Å². The highest BCUT2D eigenvalue weighted by atomic mass is 35.7. The van der Waals surface area contributed by atoms with Crippen LogP contribution in [0.5, 0.6) is 0 Å². The summed E-state index contributed by atoms with van der Waals surface area (Å²) >= 11 is 0. The van der Waals surface area contributed by atoms with Gasteiger partial charge in [-0.05, 0) is 20.8 Å². The topological polar surface area (TPSA) is 60.4 Å². The molecule has 0 aliphatic rings. The molecule has 0 fully saturated rings. The molecule has 0 spiro atoms. The maximum absolute atomic E-state index is 10.5. The highest BCUT2D eigenvalue weighted by molar-refractivity contribution is 8.25. The van der Waals surface area contributed by atoms with Crippen molar-refractivity contribution in [2.75, 3.05) is 0 Å². The van der Waals surface area contributed by atoms with E-state index < -0.39 is 20.0 Å². The number of ether oxygens (including phenoxy) is 1. The predicted octanol–water partition coefficient (Wildman–Crippen LogP) is 1.49. The molecule has 0 bridgehead atoms. The van der Waals surface area contributed by atoms with Crippen LogP contribution in [0.2, 0.25) is 0 Å². The Morgan fingerprint density at radius 3 is 1.82 bits per heavy atom. The Morgan fingerprint density at radius 2 is 1.73 bits per heavy atom. The minimum atomic E-state index is -4.22. The molecule has 0 aromatic carbocycles. The van der Waals surface area contributed by atoms with Crippen molar-refractivity contribution in [2.45, 2.75) is 26.4 Å². The summed E-state index contributed by atoms with van der Waals surface area (Å²) in [4.78, 5) is 10.5. The van der Waals surface area contributed by atoms with Crippen molar-refractivity contribution in [3.8, 4) is 0 Å². The van der Waals surface area contributed by atoms with E-state index in [4.69, 9.17) is 0 Å². The van der Waals surface area contributed by atoms with Crippen molar-refractivity contribution in [3.05, 3.63) is 0 Å². The molecule has 0 amide bonds. The van der Waals surface area contributed by atoms with Gasteiger partial charge in [0, 0.05) is 10.7 Å². The standard InChI is InChI=1S/C5H9ClO4S/c1-5(2,3)10-4(7)11(6,8)9/h1-3H3. The molecule has 11 heavy (non-hydrogen) atoms. The van der Waals surface area contributed by atoms with E-state index in [-0.39, 0.29) is 0 Å². The average molecular weight is 201 g/mol. The Labute approximate surface area is 69.9 Å². The number of halogens is 1. The second-order valence-electron chi connectivity index (χ2n) is 2.90. The van der Waals surface area contributed by atoms with Gasteiger partial charge in [0.2, 0.25) is 0 Å². The summed E-state index contributed by atoms with van der Waals surface area (Å²) in [6.07, 6.45) is 0. The van der Waals surface area contributed by atoms with Crippen LogP contribution in [-0.2, 0) is 13.8 Å². The molecule has 0 atom stereocenters. The monoisotopic (exact) mass is 200 g/mol. The van der Waals surface area contributed by atoms with Crippen LogP contribution < -0.4 is 0 Å². The molecule has 0 aliphatic heterocycles. The molecular weight excluding hydrogens is 192 g/mol. The lowest BCUT2D eigenvalue weighted by molar-refractivity contribution is 0.0722. The third-order valence-corrected chi connectivity index (χ3v) is 1.45. The molecule has 0 radical (unpaired) electrons. The zero-order chi connectivity index (χ0) is 9.28. The Morgan fingerprint density at radius 1 is 1.36 bits per heavy atom. The molecule has 0 unspecified atom stereocenters. The second-order valence-corrected chi connectivity index (χ2v) is 5.33. The van der Waals surface area contributed by atoms with Crippen molar-refractivity contribution >= 4 is 25.0 Å². The summed E-state index contributed by atoms with van der Waals surface area (Å²) in [7, 11) is 0.462. The molecular formula is C5H9ClO4S. The summed E-state index contributed by atoms with van der Waals surface area (Å²) < 4.78 is 25.0. The summed E-state index contributed by atoms with van der Waals surface area (Å²) in [6.45, 7) is 4.65. The molecule has 0 heterocycles. The maximum Gasteiger partial charge on any atom is 0.440 e. The normalized spacial score (nSPS) is 12.7. The molecule has 6 heteroatoms. The number of carbonyl (C=O) groups is 1. The van der Waals surface area contributed by atoms with E-state index in [0.29, 0.717) is 0 Å². The first-order valence-corrected chi connectivity index (χ1v) is 5.11. The van der Waals surface area contributed by atoms with Crippen LogP contribution in [0, 0.1) is 0 Å². The lowest BCUT2D eigenvalue weighted by Crippen LogP contribution is -2.25. The fourth-order valence-electron chi connectivity index (χ4n) is 0.300. The van der Waals surface area contributed by atoms with Gasteiger partial charge in [-0.15, -0.1) is 0 Å².